The van der Waals surface area contributed by atoms with E-state index in [2.05, 4.69) is 0 Å². The third-order valence-electron chi connectivity index (χ3n) is 2.99. The van der Waals surface area contributed by atoms with Crippen LogP contribution in [-0.2, 0) is 16.0 Å². The molecule has 2 amide bonds. The Kier molecular flexibility index (Phi) is 3.94. The SMILES string of the molecule is NCC(Cc1ccccc1)C(=O)N1CCOC1=O. The topological polar surface area (TPSA) is 72.6 Å². The van der Waals surface area contributed by atoms with Crippen LogP contribution in [0, 0.1) is 5.92 Å². The third kappa shape index (κ3) is 2.68. The number of ether oxygens (including phenoxy) is 1. The molecule has 1 saturated heterocycles. The van der Waals surface area contributed by atoms with Crippen LogP contribution in [-0.4, -0.2) is 36.6 Å². The molecular formula is C13H16N2O3. The highest BCUT2D eigenvalue weighted by molar-refractivity contribution is 5.94. The zero-order valence-electron chi connectivity index (χ0n) is 10.0. The first-order chi connectivity index (χ1) is 8.72. The third-order valence-corrected chi connectivity index (χ3v) is 2.99. The highest BCUT2D eigenvalue weighted by Crippen LogP contribution is 2.14. The molecule has 1 fully saturated rings. The molecule has 0 bridgehead atoms. The van der Waals surface area contributed by atoms with E-state index in [4.69, 9.17) is 10.5 Å². The zero-order valence-corrected chi connectivity index (χ0v) is 10.0. The lowest BCUT2D eigenvalue weighted by Gasteiger charge is -2.18. The Hall–Kier alpha value is -1.88. The number of hydrogen-bond acceptors (Lipinski definition) is 4. The first-order valence-electron chi connectivity index (χ1n) is 5.94. The summed E-state index contributed by atoms with van der Waals surface area (Å²) in [6, 6.07) is 9.63. The monoisotopic (exact) mass is 248 g/mol. The summed E-state index contributed by atoms with van der Waals surface area (Å²) in [6.07, 6.45) is -0.0218. The normalized spacial score (nSPS) is 16.5. The van der Waals surface area contributed by atoms with Crippen molar-refractivity contribution in [1.29, 1.82) is 0 Å². The van der Waals surface area contributed by atoms with Gasteiger partial charge in [0.05, 0.1) is 12.5 Å². The van der Waals surface area contributed by atoms with E-state index in [9.17, 15) is 9.59 Å². The van der Waals surface area contributed by atoms with Gasteiger partial charge in [0.15, 0.2) is 0 Å². The molecule has 1 aliphatic rings. The van der Waals surface area contributed by atoms with Crippen LogP contribution in [0.3, 0.4) is 0 Å². The number of nitrogens with zero attached hydrogens (tertiary/aromatic N) is 1. The van der Waals surface area contributed by atoms with Gasteiger partial charge in [0.2, 0.25) is 5.91 Å². The van der Waals surface area contributed by atoms with E-state index in [0.717, 1.165) is 10.5 Å². The molecule has 1 heterocycles. The van der Waals surface area contributed by atoms with Gasteiger partial charge < -0.3 is 10.5 Å². The van der Waals surface area contributed by atoms with Crippen molar-refractivity contribution in [3.63, 3.8) is 0 Å². The van der Waals surface area contributed by atoms with Gasteiger partial charge in [0, 0.05) is 6.54 Å². The first kappa shape index (κ1) is 12.6. The van der Waals surface area contributed by atoms with E-state index in [1.165, 1.54) is 0 Å². The van der Waals surface area contributed by atoms with Crippen LogP contribution in [0.15, 0.2) is 30.3 Å². The van der Waals surface area contributed by atoms with Gasteiger partial charge in [-0.2, -0.15) is 0 Å². The largest absolute Gasteiger partial charge is 0.447 e. The molecule has 0 saturated carbocycles. The molecule has 5 heteroatoms. The summed E-state index contributed by atoms with van der Waals surface area (Å²) in [6.45, 7) is 0.813. The Morgan fingerprint density at radius 3 is 2.67 bits per heavy atom. The number of imide groups is 1. The van der Waals surface area contributed by atoms with Crippen molar-refractivity contribution in [1.82, 2.24) is 4.90 Å². The predicted molar refractivity (Wildman–Crippen MR) is 65.8 cm³/mol. The Morgan fingerprint density at radius 2 is 2.11 bits per heavy atom. The van der Waals surface area contributed by atoms with E-state index in [1.54, 1.807) is 0 Å². The molecule has 2 N–H and O–H groups in total. The Labute approximate surface area is 106 Å². The maximum Gasteiger partial charge on any atom is 0.416 e. The van der Waals surface area contributed by atoms with Gasteiger partial charge in [-0.25, -0.2) is 9.69 Å². The standard InChI is InChI=1S/C13H16N2O3/c14-9-11(8-10-4-2-1-3-5-10)12(16)15-6-7-18-13(15)17/h1-5,11H,6-9,14H2. The zero-order chi connectivity index (χ0) is 13.0. The first-order valence-corrected chi connectivity index (χ1v) is 5.94. The molecule has 1 aromatic carbocycles. The minimum atomic E-state index is -0.563. The quantitative estimate of drug-likeness (QED) is 0.854. The van der Waals surface area contributed by atoms with Crippen LogP contribution in [0.25, 0.3) is 0 Å². The molecule has 5 nitrogen and oxygen atoms in total. The molecule has 0 aliphatic carbocycles. The smallest absolute Gasteiger partial charge is 0.416 e. The van der Waals surface area contributed by atoms with E-state index in [1.807, 2.05) is 30.3 Å². The van der Waals surface area contributed by atoms with Crippen LogP contribution in [0.4, 0.5) is 4.79 Å². The Balaban J connectivity index is 2.04. The van der Waals surface area contributed by atoms with Crippen molar-refractivity contribution in [2.24, 2.45) is 11.7 Å². The molecule has 1 aliphatic heterocycles. The van der Waals surface area contributed by atoms with E-state index in [-0.39, 0.29) is 25.0 Å². The van der Waals surface area contributed by atoms with Crippen LogP contribution in [0.1, 0.15) is 5.56 Å². The van der Waals surface area contributed by atoms with Crippen LogP contribution in [0.2, 0.25) is 0 Å². The molecule has 1 aromatic rings. The minimum absolute atomic E-state index is 0.220. The molecule has 1 atom stereocenters. The predicted octanol–water partition coefficient (Wildman–Crippen LogP) is 0.783. The average molecular weight is 248 g/mol. The summed E-state index contributed by atoms with van der Waals surface area (Å²) >= 11 is 0. The number of nitrogens with two attached hydrogens (primary N) is 1. The molecule has 0 spiro atoms. The van der Waals surface area contributed by atoms with Crippen molar-refractivity contribution in [3.8, 4) is 0 Å². The maximum absolute atomic E-state index is 12.1. The van der Waals surface area contributed by atoms with Gasteiger partial charge in [-0.05, 0) is 12.0 Å². The molecule has 0 aromatic heterocycles. The second-order valence-electron chi connectivity index (χ2n) is 4.23. The number of cyclic esters (lactones) is 1. The van der Waals surface area contributed by atoms with Gasteiger partial charge >= 0.3 is 6.09 Å². The Bertz CT molecular complexity index is 433. The lowest BCUT2D eigenvalue weighted by atomic mass is 9.98. The average Bonchev–Trinajstić information content (AvgIpc) is 2.82. The number of hydrogen-bond donors (Lipinski definition) is 1. The van der Waals surface area contributed by atoms with E-state index >= 15 is 0 Å². The van der Waals surface area contributed by atoms with Gasteiger partial charge in [-0.1, -0.05) is 30.3 Å². The molecular weight excluding hydrogens is 232 g/mol. The van der Waals surface area contributed by atoms with Crippen molar-refractivity contribution in [2.45, 2.75) is 6.42 Å². The Morgan fingerprint density at radius 1 is 1.39 bits per heavy atom. The summed E-state index contributed by atoms with van der Waals surface area (Å²) in [5.41, 5.74) is 6.67. The van der Waals surface area contributed by atoms with Gasteiger partial charge in [-0.15, -0.1) is 0 Å². The lowest BCUT2D eigenvalue weighted by molar-refractivity contribution is -0.131. The fourth-order valence-corrected chi connectivity index (χ4v) is 1.98. The second-order valence-corrected chi connectivity index (χ2v) is 4.23. The fraction of sp³-hybridized carbons (Fsp3) is 0.385. The number of benzene rings is 1. The van der Waals surface area contributed by atoms with Gasteiger partial charge in [0.25, 0.3) is 0 Å². The van der Waals surface area contributed by atoms with E-state index < -0.39 is 6.09 Å². The van der Waals surface area contributed by atoms with Gasteiger partial charge in [0.1, 0.15) is 6.61 Å². The molecule has 1 unspecified atom stereocenters. The summed E-state index contributed by atoms with van der Waals surface area (Å²) < 4.78 is 4.76. The number of amides is 2. The molecule has 18 heavy (non-hydrogen) atoms. The maximum atomic E-state index is 12.1. The van der Waals surface area contributed by atoms with Crippen molar-refractivity contribution in [2.75, 3.05) is 19.7 Å². The summed E-state index contributed by atoms with van der Waals surface area (Å²) in [4.78, 5) is 24.6. The summed E-state index contributed by atoms with van der Waals surface area (Å²) in [7, 11) is 0. The van der Waals surface area contributed by atoms with Crippen LogP contribution >= 0.6 is 0 Å². The number of rotatable bonds is 4. The number of carbonyl (C=O) groups excluding carboxylic acids is 2. The molecule has 2 rings (SSSR count). The van der Waals surface area contributed by atoms with Crippen molar-refractivity contribution >= 4 is 12.0 Å². The highest BCUT2D eigenvalue weighted by Gasteiger charge is 2.32. The second kappa shape index (κ2) is 5.64. The van der Waals surface area contributed by atoms with Gasteiger partial charge in [-0.3, -0.25) is 4.79 Å². The van der Waals surface area contributed by atoms with Crippen LogP contribution < -0.4 is 5.73 Å². The lowest BCUT2D eigenvalue weighted by Crippen LogP contribution is -2.40. The van der Waals surface area contributed by atoms with Crippen molar-refractivity contribution in [3.05, 3.63) is 35.9 Å². The fourth-order valence-electron chi connectivity index (χ4n) is 1.98. The number of carbonyl (C=O) groups is 2. The minimum Gasteiger partial charge on any atom is -0.447 e. The van der Waals surface area contributed by atoms with Crippen molar-refractivity contribution < 1.29 is 14.3 Å². The van der Waals surface area contributed by atoms with Crippen LogP contribution in [0.5, 0.6) is 0 Å². The summed E-state index contributed by atoms with van der Waals surface area (Å²) in [5, 5.41) is 0. The van der Waals surface area contributed by atoms with E-state index in [0.29, 0.717) is 13.0 Å². The highest BCUT2D eigenvalue weighted by atomic mass is 16.6. The summed E-state index contributed by atoms with van der Waals surface area (Å²) in [5.74, 6) is -0.623. The molecule has 96 valence electrons. The molecule has 0 radical (unpaired) electrons.